The van der Waals surface area contributed by atoms with Crippen molar-refractivity contribution in [3.8, 4) is 11.1 Å². The number of ether oxygens (including phenoxy) is 1. The SMILES string of the molecule is CCC1(C(=O)O)CCN(C(=O)OCC2c3ccccc3-c3ccccc32)C1. The molecule has 2 aromatic rings. The lowest BCUT2D eigenvalue weighted by Gasteiger charge is -2.23. The number of fused-ring (bicyclic) bond motifs is 3. The van der Waals surface area contributed by atoms with Gasteiger partial charge < -0.3 is 14.7 Å². The number of carboxylic acid groups (broad SMARTS) is 1. The van der Waals surface area contributed by atoms with E-state index in [4.69, 9.17) is 4.74 Å². The molecule has 1 amide bonds. The van der Waals surface area contributed by atoms with Gasteiger partial charge in [0, 0.05) is 19.0 Å². The Morgan fingerprint density at radius 1 is 1.11 bits per heavy atom. The van der Waals surface area contributed by atoms with Crippen molar-refractivity contribution in [1.82, 2.24) is 4.90 Å². The van der Waals surface area contributed by atoms with E-state index >= 15 is 0 Å². The van der Waals surface area contributed by atoms with E-state index in [-0.39, 0.29) is 19.1 Å². The minimum absolute atomic E-state index is 0.0133. The first-order chi connectivity index (χ1) is 13.1. The Hall–Kier alpha value is -2.82. The molecule has 5 nitrogen and oxygen atoms in total. The van der Waals surface area contributed by atoms with Gasteiger partial charge in [0.1, 0.15) is 6.61 Å². The van der Waals surface area contributed by atoms with Crippen molar-refractivity contribution in [2.45, 2.75) is 25.7 Å². The fourth-order valence-corrected chi connectivity index (χ4v) is 4.33. The molecule has 1 heterocycles. The fraction of sp³-hybridized carbons (Fsp3) is 0.364. The number of nitrogens with zero attached hydrogens (tertiary/aromatic N) is 1. The maximum Gasteiger partial charge on any atom is 0.409 e. The summed E-state index contributed by atoms with van der Waals surface area (Å²) >= 11 is 0. The van der Waals surface area contributed by atoms with E-state index in [0.717, 1.165) is 0 Å². The van der Waals surface area contributed by atoms with E-state index in [9.17, 15) is 14.7 Å². The molecule has 5 heteroatoms. The molecule has 0 radical (unpaired) electrons. The van der Waals surface area contributed by atoms with Crippen LogP contribution in [-0.4, -0.2) is 41.8 Å². The predicted octanol–water partition coefficient (Wildman–Crippen LogP) is 4.12. The second-order valence-corrected chi connectivity index (χ2v) is 7.41. The summed E-state index contributed by atoms with van der Waals surface area (Å²) in [6.07, 6.45) is 0.562. The van der Waals surface area contributed by atoms with Crippen molar-refractivity contribution in [3.63, 3.8) is 0 Å². The maximum absolute atomic E-state index is 12.6. The minimum atomic E-state index is -0.842. The Kier molecular flexibility index (Phi) is 4.38. The van der Waals surface area contributed by atoms with Gasteiger partial charge in [0.15, 0.2) is 0 Å². The van der Waals surface area contributed by atoms with Gasteiger partial charge >= 0.3 is 12.1 Å². The molecule has 27 heavy (non-hydrogen) atoms. The van der Waals surface area contributed by atoms with Gasteiger partial charge in [-0.1, -0.05) is 55.5 Å². The Labute approximate surface area is 158 Å². The molecule has 140 valence electrons. The number of hydrogen-bond donors (Lipinski definition) is 1. The van der Waals surface area contributed by atoms with E-state index in [1.807, 2.05) is 31.2 Å². The third-order valence-corrected chi connectivity index (χ3v) is 6.08. The molecule has 0 aromatic heterocycles. The number of amides is 1. The zero-order valence-electron chi connectivity index (χ0n) is 15.4. The molecule has 1 fully saturated rings. The number of carbonyl (C=O) groups is 2. The topological polar surface area (TPSA) is 66.8 Å². The quantitative estimate of drug-likeness (QED) is 0.885. The van der Waals surface area contributed by atoms with Gasteiger partial charge in [-0.3, -0.25) is 4.79 Å². The summed E-state index contributed by atoms with van der Waals surface area (Å²) in [5, 5.41) is 9.51. The van der Waals surface area contributed by atoms with Crippen molar-refractivity contribution in [3.05, 3.63) is 59.7 Å². The minimum Gasteiger partial charge on any atom is -0.481 e. The van der Waals surface area contributed by atoms with Crippen molar-refractivity contribution in [2.24, 2.45) is 5.41 Å². The standard InChI is InChI=1S/C22H23NO4/c1-2-22(20(24)25)11-12-23(14-22)21(26)27-13-19-17-9-5-3-7-15(17)16-8-4-6-10-18(16)19/h3-10,19H,2,11-14H2,1H3,(H,24,25). The lowest BCUT2D eigenvalue weighted by atomic mass is 9.84. The van der Waals surface area contributed by atoms with Gasteiger partial charge in [-0.15, -0.1) is 0 Å². The smallest absolute Gasteiger partial charge is 0.409 e. The lowest BCUT2D eigenvalue weighted by Crippen LogP contribution is -2.37. The van der Waals surface area contributed by atoms with Crippen molar-refractivity contribution in [1.29, 1.82) is 0 Å². The van der Waals surface area contributed by atoms with E-state index in [0.29, 0.717) is 19.4 Å². The van der Waals surface area contributed by atoms with Crippen LogP contribution in [0.1, 0.15) is 36.8 Å². The number of rotatable bonds is 4. The van der Waals surface area contributed by atoms with Gasteiger partial charge in [-0.2, -0.15) is 0 Å². The first-order valence-corrected chi connectivity index (χ1v) is 9.39. The summed E-state index contributed by atoms with van der Waals surface area (Å²) in [7, 11) is 0. The molecule has 1 atom stereocenters. The molecule has 4 rings (SSSR count). The molecule has 2 aliphatic rings. The molecule has 1 unspecified atom stereocenters. The van der Waals surface area contributed by atoms with Crippen LogP contribution in [0.4, 0.5) is 4.79 Å². The Morgan fingerprint density at radius 2 is 1.70 bits per heavy atom. The third-order valence-electron chi connectivity index (χ3n) is 6.08. The van der Waals surface area contributed by atoms with Gasteiger partial charge in [0.25, 0.3) is 0 Å². The van der Waals surface area contributed by atoms with Gasteiger partial charge in [0.05, 0.1) is 5.41 Å². The lowest BCUT2D eigenvalue weighted by molar-refractivity contribution is -0.148. The van der Waals surface area contributed by atoms with Crippen LogP contribution in [0.5, 0.6) is 0 Å². The van der Waals surface area contributed by atoms with Gasteiger partial charge in [-0.05, 0) is 35.1 Å². The van der Waals surface area contributed by atoms with Crippen LogP contribution in [0, 0.1) is 5.41 Å². The van der Waals surface area contributed by atoms with Crippen LogP contribution < -0.4 is 0 Å². The van der Waals surface area contributed by atoms with Crippen LogP contribution in [0.25, 0.3) is 11.1 Å². The molecule has 1 aliphatic carbocycles. The maximum atomic E-state index is 12.6. The Balaban J connectivity index is 1.48. The third kappa shape index (κ3) is 2.87. The summed E-state index contributed by atoms with van der Waals surface area (Å²) < 4.78 is 5.64. The summed E-state index contributed by atoms with van der Waals surface area (Å²) in [6.45, 7) is 2.76. The first-order valence-electron chi connectivity index (χ1n) is 9.39. The zero-order valence-corrected chi connectivity index (χ0v) is 15.4. The summed E-state index contributed by atoms with van der Waals surface area (Å²) in [5.74, 6) is -0.821. The molecule has 0 spiro atoms. The Bertz CT molecular complexity index is 848. The number of likely N-dealkylation sites (tertiary alicyclic amines) is 1. The highest BCUT2D eigenvalue weighted by Crippen LogP contribution is 2.44. The number of aliphatic carboxylic acids is 1. The van der Waals surface area contributed by atoms with Crippen LogP contribution in [0.2, 0.25) is 0 Å². The second-order valence-electron chi connectivity index (χ2n) is 7.41. The van der Waals surface area contributed by atoms with E-state index in [2.05, 4.69) is 24.3 Å². The van der Waals surface area contributed by atoms with Crippen molar-refractivity contribution >= 4 is 12.1 Å². The molecule has 1 N–H and O–H groups in total. The normalized spacial score (nSPS) is 21.0. The Morgan fingerprint density at radius 3 is 2.22 bits per heavy atom. The van der Waals surface area contributed by atoms with E-state index < -0.39 is 17.5 Å². The molecule has 1 saturated heterocycles. The largest absolute Gasteiger partial charge is 0.481 e. The molecule has 0 saturated carbocycles. The molecule has 1 aliphatic heterocycles. The average Bonchev–Trinajstić information content (AvgIpc) is 3.27. The molecular formula is C22H23NO4. The summed E-state index contributed by atoms with van der Waals surface area (Å²) in [6, 6.07) is 16.4. The molecular weight excluding hydrogens is 342 g/mol. The number of benzene rings is 2. The van der Waals surface area contributed by atoms with Gasteiger partial charge in [0.2, 0.25) is 0 Å². The van der Waals surface area contributed by atoms with Gasteiger partial charge in [-0.25, -0.2) is 4.79 Å². The molecule has 0 bridgehead atoms. The average molecular weight is 365 g/mol. The molecule has 2 aromatic carbocycles. The number of carboxylic acids is 1. The highest BCUT2D eigenvalue weighted by atomic mass is 16.6. The van der Waals surface area contributed by atoms with Crippen LogP contribution in [0.3, 0.4) is 0 Å². The van der Waals surface area contributed by atoms with Crippen molar-refractivity contribution < 1.29 is 19.4 Å². The van der Waals surface area contributed by atoms with Crippen LogP contribution >= 0.6 is 0 Å². The monoisotopic (exact) mass is 365 g/mol. The fourth-order valence-electron chi connectivity index (χ4n) is 4.33. The van der Waals surface area contributed by atoms with E-state index in [1.165, 1.54) is 27.2 Å². The predicted molar refractivity (Wildman–Crippen MR) is 102 cm³/mol. The summed E-state index contributed by atoms with van der Waals surface area (Å²) in [5.41, 5.74) is 3.87. The first kappa shape index (κ1) is 17.6. The van der Waals surface area contributed by atoms with E-state index in [1.54, 1.807) is 0 Å². The van der Waals surface area contributed by atoms with Crippen LogP contribution in [0.15, 0.2) is 48.5 Å². The zero-order chi connectivity index (χ0) is 19.0. The highest BCUT2D eigenvalue weighted by molar-refractivity contribution is 5.80. The number of carbonyl (C=O) groups excluding carboxylic acids is 1. The van der Waals surface area contributed by atoms with Crippen LogP contribution in [-0.2, 0) is 9.53 Å². The second kappa shape index (κ2) is 6.72. The number of hydrogen-bond acceptors (Lipinski definition) is 3. The van der Waals surface area contributed by atoms with Crippen molar-refractivity contribution in [2.75, 3.05) is 19.7 Å². The highest BCUT2D eigenvalue weighted by Gasteiger charge is 2.45. The summed E-state index contributed by atoms with van der Waals surface area (Å²) in [4.78, 5) is 25.7.